The molecule has 0 aliphatic rings. The molecule has 5 nitrogen and oxygen atoms in total. The highest BCUT2D eigenvalue weighted by Gasteiger charge is 2.17. The standard InChI is InChI=1S/C17H27NO4/c1-12(18-16(21)22-17(2,3)4)5-6-13-7-14(10-19)9-15(8-13)11-20/h7-9,12,19-20H,5-6,10-11H2,1-4H3,(H,18,21). The highest BCUT2D eigenvalue weighted by molar-refractivity contribution is 5.68. The minimum absolute atomic E-state index is 0.0230. The number of aliphatic hydroxyl groups is 2. The molecule has 22 heavy (non-hydrogen) atoms. The summed E-state index contributed by atoms with van der Waals surface area (Å²) in [7, 11) is 0. The quantitative estimate of drug-likeness (QED) is 0.754. The van der Waals surface area contributed by atoms with Crippen molar-refractivity contribution >= 4 is 6.09 Å². The molecular weight excluding hydrogens is 282 g/mol. The highest BCUT2D eigenvalue weighted by atomic mass is 16.6. The number of aryl methyl sites for hydroxylation is 1. The Balaban J connectivity index is 2.53. The van der Waals surface area contributed by atoms with Crippen LogP contribution in [0.2, 0.25) is 0 Å². The molecule has 3 N–H and O–H groups in total. The second kappa shape index (κ2) is 8.15. The Labute approximate surface area is 132 Å². The van der Waals surface area contributed by atoms with E-state index in [4.69, 9.17) is 4.74 Å². The summed E-state index contributed by atoms with van der Waals surface area (Å²) < 4.78 is 5.22. The number of hydrogen-bond donors (Lipinski definition) is 3. The molecule has 124 valence electrons. The van der Waals surface area contributed by atoms with E-state index in [0.29, 0.717) is 0 Å². The van der Waals surface area contributed by atoms with Crippen molar-refractivity contribution in [2.24, 2.45) is 0 Å². The molecule has 1 aromatic carbocycles. The number of carbonyl (C=O) groups excluding carboxylic acids is 1. The Bertz CT molecular complexity index is 472. The molecule has 0 radical (unpaired) electrons. The molecule has 1 rings (SSSR count). The van der Waals surface area contributed by atoms with Gasteiger partial charge >= 0.3 is 6.09 Å². The van der Waals surface area contributed by atoms with Crippen LogP contribution in [0.1, 0.15) is 50.8 Å². The zero-order valence-electron chi connectivity index (χ0n) is 13.8. The van der Waals surface area contributed by atoms with Crippen LogP contribution in [0, 0.1) is 0 Å². The number of benzene rings is 1. The molecule has 0 heterocycles. The van der Waals surface area contributed by atoms with Crippen LogP contribution in [0.15, 0.2) is 18.2 Å². The zero-order chi connectivity index (χ0) is 16.8. The molecule has 0 spiro atoms. The molecular formula is C17H27NO4. The minimum Gasteiger partial charge on any atom is -0.444 e. The number of hydrogen-bond acceptors (Lipinski definition) is 4. The predicted octanol–water partition coefficient (Wildman–Crippen LogP) is 2.52. The van der Waals surface area contributed by atoms with E-state index in [2.05, 4.69) is 5.32 Å². The van der Waals surface area contributed by atoms with E-state index < -0.39 is 11.7 Å². The van der Waals surface area contributed by atoms with Crippen molar-refractivity contribution in [2.45, 2.75) is 65.4 Å². The number of carbonyl (C=O) groups is 1. The molecule has 1 unspecified atom stereocenters. The Morgan fingerprint density at radius 1 is 1.14 bits per heavy atom. The SMILES string of the molecule is CC(CCc1cc(CO)cc(CO)c1)NC(=O)OC(C)(C)C. The van der Waals surface area contributed by atoms with E-state index in [1.807, 2.05) is 39.8 Å². The third kappa shape index (κ3) is 6.91. The minimum atomic E-state index is -0.505. The summed E-state index contributed by atoms with van der Waals surface area (Å²) in [5, 5.41) is 21.3. The van der Waals surface area contributed by atoms with Gasteiger partial charge in [0.1, 0.15) is 5.60 Å². The topological polar surface area (TPSA) is 78.8 Å². The Morgan fingerprint density at radius 3 is 2.09 bits per heavy atom. The Hall–Kier alpha value is -1.59. The number of alkyl carbamates (subject to hydrolysis) is 1. The number of ether oxygens (including phenoxy) is 1. The van der Waals surface area contributed by atoms with Gasteiger partial charge in [-0.05, 0) is 57.2 Å². The molecule has 1 aromatic rings. The molecule has 0 saturated heterocycles. The van der Waals surface area contributed by atoms with Crippen LogP contribution in [0.5, 0.6) is 0 Å². The van der Waals surface area contributed by atoms with E-state index in [-0.39, 0.29) is 19.3 Å². The van der Waals surface area contributed by atoms with Crippen molar-refractivity contribution in [1.82, 2.24) is 5.32 Å². The van der Waals surface area contributed by atoms with E-state index in [9.17, 15) is 15.0 Å². The summed E-state index contributed by atoms with van der Waals surface area (Å²) in [5.74, 6) is 0. The average molecular weight is 309 g/mol. The van der Waals surface area contributed by atoms with Gasteiger partial charge in [-0.2, -0.15) is 0 Å². The van der Waals surface area contributed by atoms with Gasteiger partial charge in [0.15, 0.2) is 0 Å². The summed E-state index contributed by atoms with van der Waals surface area (Å²) in [5.41, 5.74) is 2.10. The highest BCUT2D eigenvalue weighted by Crippen LogP contribution is 2.14. The van der Waals surface area contributed by atoms with Crippen LogP contribution < -0.4 is 5.32 Å². The van der Waals surface area contributed by atoms with Crippen molar-refractivity contribution in [3.05, 3.63) is 34.9 Å². The van der Waals surface area contributed by atoms with Gasteiger partial charge in [-0.3, -0.25) is 0 Å². The first-order valence-corrected chi connectivity index (χ1v) is 7.56. The van der Waals surface area contributed by atoms with Gasteiger partial charge in [0, 0.05) is 6.04 Å². The lowest BCUT2D eigenvalue weighted by Crippen LogP contribution is -2.37. The van der Waals surface area contributed by atoms with Gasteiger partial charge in [-0.25, -0.2) is 4.79 Å². The lowest BCUT2D eigenvalue weighted by Gasteiger charge is -2.22. The molecule has 0 bridgehead atoms. The lowest BCUT2D eigenvalue weighted by atomic mass is 10.0. The summed E-state index contributed by atoms with van der Waals surface area (Å²) in [6.45, 7) is 7.31. The molecule has 0 fully saturated rings. The van der Waals surface area contributed by atoms with Crippen molar-refractivity contribution in [2.75, 3.05) is 0 Å². The van der Waals surface area contributed by atoms with E-state index in [1.54, 1.807) is 6.07 Å². The average Bonchev–Trinajstić information content (AvgIpc) is 2.42. The largest absolute Gasteiger partial charge is 0.444 e. The van der Waals surface area contributed by atoms with Crippen molar-refractivity contribution in [3.63, 3.8) is 0 Å². The monoisotopic (exact) mass is 309 g/mol. The van der Waals surface area contributed by atoms with Gasteiger partial charge in [-0.15, -0.1) is 0 Å². The van der Waals surface area contributed by atoms with Crippen LogP contribution >= 0.6 is 0 Å². The van der Waals surface area contributed by atoms with Crippen LogP contribution in [-0.4, -0.2) is 27.9 Å². The van der Waals surface area contributed by atoms with Crippen LogP contribution in [0.25, 0.3) is 0 Å². The fourth-order valence-corrected chi connectivity index (χ4v) is 2.13. The second-order valence-electron chi connectivity index (χ2n) is 6.56. The maximum atomic E-state index is 11.7. The number of nitrogens with one attached hydrogen (secondary N) is 1. The lowest BCUT2D eigenvalue weighted by molar-refractivity contribution is 0.0506. The number of aliphatic hydroxyl groups excluding tert-OH is 2. The van der Waals surface area contributed by atoms with Crippen molar-refractivity contribution in [1.29, 1.82) is 0 Å². The first-order chi connectivity index (χ1) is 10.2. The summed E-state index contributed by atoms with van der Waals surface area (Å²) in [4.78, 5) is 11.7. The van der Waals surface area contributed by atoms with Gasteiger partial charge < -0.3 is 20.3 Å². The molecule has 0 aliphatic heterocycles. The normalized spacial score (nSPS) is 12.8. The maximum Gasteiger partial charge on any atom is 0.407 e. The number of rotatable bonds is 6. The van der Waals surface area contributed by atoms with E-state index in [0.717, 1.165) is 29.5 Å². The third-order valence-electron chi connectivity index (χ3n) is 3.11. The molecule has 1 atom stereocenters. The Kier molecular flexibility index (Phi) is 6.84. The smallest absolute Gasteiger partial charge is 0.407 e. The Morgan fingerprint density at radius 2 is 1.64 bits per heavy atom. The molecule has 1 amide bonds. The molecule has 5 heteroatoms. The van der Waals surface area contributed by atoms with Crippen LogP contribution in [0.4, 0.5) is 4.79 Å². The second-order valence-corrected chi connectivity index (χ2v) is 6.56. The first-order valence-electron chi connectivity index (χ1n) is 7.56. The van der Waals surface area contributed by atoms with Crippen molar-refractivity contribution < 1.29 is 19.7 Å². The fourth-order valence-electron chi connectivity index (χ4n) is 2.13. The van der Waals surface area contributed by atoms with Crippen LogP contribution in [-0.2, 0) is 24.4 Å². The maximum absolute atomic E-state index is 11.7. The van der Waals surface area contributed by atoms with Crippen LogP contribution in [0.3, 0.4) is 0 Å². The molecule has 0 saturated carbocycles. The third-order valence-corrected chi connectivity index (χ3v) is 3.11. The molecule has 0 aliphatic carbocycles. The van der Waals surface area contributed by atoms with Crippen molar-refractivity contribution in [3.8, 4) is 0 Å². The van der Waals surface area contributed by atoms with Gasteiger partial charge in [0.2, 0.25) is 0 Å². The van der Waals surface area contributed by atoms with Gasteiger partial charge in [0.05, 0.1) is 13.2 Å². The van der Waals surface area contributed by atoms with E-state index in [1.165, 1.54) is 0 Å². The summed E-state index contributed by atoms with van der Waals surface area (Å²) in [6.07, 6.45) is 1.08. The summed E-state index contributed by atoms with van der Waals surface area (Å²) in [6, 6.07) is 5.59. The molecule has 0 aromatic heterocycles. The van der Waals surface area contributed by atoms with E-state index >= 15 is 0 Å². The van der Waals surface area contributed by atoms with Gasteiger partial charge in [-0.1, -0.05) is 18.2 Å². The zero-order valence-corrected chi connectivity index (χ0v) is 13.8. The fraction of sp³-hybridized carbons (Fsp3) is 0.588. The number of amides is 1. The van der Waals surface area contributed by atoms with Gasteiger partial charge in [0.25, 0.3) is 0 Å². The predicted molar refractivity (Wildman–Crippen MR) is 85.4 cm³/mol. The first kappa shape index (κ1) is 18.5. The summed E-state index contributed by atoms with van der Waals surface area (Å²) >= 11 is 0.